The number of carbonyl (C=O) groups is 1. The minimum atomic E-state index is 0. The summed E-state index contributed by atoms with van der Waals surface area (Å²) in [5.41, 5.74) is 6.58. The molecule has 0 unspecified atom stereocenters. The van der Waals surface area contributed by atoms with Crippen LogP contribution in [0.15, 0.2) is 5.16 Å². The smallest absolute Gasteiger partial charge is 1.00 e. The second-order valence-corrected chi connectivity index (χ2v) is 9.05. The molecular formula is C15H35AlLiN3O3S3. The number of rotatable bonds is 0. The van der Waals surface area contributed by atoms with Crippen LogP contribution in [0.5, 0.6) is 0 Å². The number of hydrogen-bond donors (Lipinski definition) is 4. The molecule has 0 spiro atoms. The third-order valence-corrected chi connectivity index (χ3v) is 6.55. The van der Waals surface area contributed by atoms with E-state index in [0.717, 1.165) is 54.4 Å². The van der Waals surface area contributed by atoms with Crippen LogP contribution in [0.25, 0.3) is 0 Å². The molecule has 0 amide bonds. The first-order valence-corrected chi connectivity index (χ1v) is 11.6. The molecule has 26 heavy (non-hydrogen) atoms. The van der Waals surface area contributed by atoms with Gasteiger partial charge < -0.3 is 17.6 Å². The van der Waals surface area contributed by atoms with E-state index >= 15 is 0 Å². The molecule has 150 valence electrons. The summed E-state index contributed by atoms with van der Waals surface area (Å²) in [4.78, 5) is 10.4. The number of hydrogen-bond acceptors (Lipinski definition) is 9. The van der Waals surface area contributed by atoms with Crippen LogP contribution in [-0.2, 0) is 4.79 Å². The maximum atomic E-state index is 10.4. The normalized spacial score (nSPS) is 19.5. The van der Waals surface area contributed by atoms with Crippen molar-refractivity contribution in [1.82, 2.24) is 0 Å². The Labute approximate surface area is 194 Å². The summed E-state index contributed by atoms with van der Waals surface area (Å²) in [6.07, 6.45) is 6.02. The van der Waals surface area contributed by atoms with Gasteiger partial charge in [0.05, 0.1) is 5.71 Å². The second kappa shape index (κ2) is 24.2. The van der Waals surface area contributed by atoms with Crippen molar-refractivity contribution in [3.8, 4) is 0 Å². The van der Waals surface area contributed by atoms with Gasteiger partial charge in [-0.15, -0.1) is 0 Å². The first kappa shape index (κ1) is 31.9. The van der Waals surface area contributed by atoms with Crippen LogP contribution in [-0.4, -0.2) is 79.8 Å². The van der Waals surface area contributed by atoms with Crippen LogP contribution >= 0.6 is 35.3 Å². The molecule has 6 nitrogen and oxygen atoms in total. The second-order valence-electron chi connectivity index (χ2n) is 5.38. The average Bonchev–Trinajstić information content (AvgIpc) is 2.66. The number of Topliss-reactive ketones (excluding diaryl/α,β-unsaturated/α-hetero) is 1. The molecule has 3 heterocycles. The number of nitrogens with two attached hydrogens (primary N) is 2. The molecule has 6 N–H and O–H groups in total. The van der Waals surface area contributed by atoms with Crippen molar-refractivity contribution < 1.29 is 35.5 Å². The molecule has 0 radical (unpaired) electrons. The molecular weight excluding hydrogens is 400 g/mol. The molecule has 11 heteroatoms. The molecule has 0 atom stereocenters. The van der Waals surface area contributed by atoms with Gasteiger partial charge in [0.15, 0.2) is 17.4 Å². The summed E-state index contributed by atoms with van der Waals surface area (Å²) in [6.45, 7) is 0. The summed E-state index contributed by atoms with van der Waals surface area (Å²) in [7, 11) is 0. The summed E-state index contributed by atoms with van der Waals surface area (Å²) in [6, 6.07) is 0.515. The van der Waals surface area contributed by atoms with Crippen molar-refractivity contribution in [2.24, 2.45) is 16.8 Å². The van der Waals surface area contributed by atoms with E-state index in [1.54, 1.807) is 0 Å². The Balaban J connectivity index is -0.000000134. The fourth-order valence-electron chi connectivity index (χ4n) is 2.02. The molecule has 0 aromatic rings. The Morgan fingerprint density at radius 3 is 1.50 bits per heavy atom. The van der Waals surface area contributed by atoms with Gasteiger partial charge in [0, 0.05) is 30.4 Å². The third-order valence-electron chi connectivity index (χ3n) is 3.53. The molecule has 0 aromatic carbocycles. The van der Waals surface area contributed by atoms with Crippen molar-refractivity contribution >= 4 is 64.1 Å². The Morgan fingerprint density at radius 1 is 0.885 bits per heavy atom. The monoisotopic (exact) mass is 435 g/mol. The maximum absolute atomic E-state index is 10.4. The fraction of sp³-hybridized carbons (Fsp3) is 0.867. The summed E-state index contributed by atoms with van der Waals surface area (Å²) in [5, 5.41) is 17.9. The Bertz CT molecular complexity index is 344. The Hall–Kier alpha value is 1.20. The van der Waals surface area contributed by atoms with Crippen molar-refractivity contribution in [2.45, 2.75) is 44.6 Å². The predicted molar refractivity (Wildman–Crippen MR) is 119 cm³/mol. The largest absolute Gasteiger partial charge is 1.00 e. The minimum absolute atomic E-state index is 0. The summed E-state index contributed by atoms with van der Waals surface area (Å²) in [5.74, 6) is 10.9. The SMILES string of the molecule is NC1CCSCC1.NO.O=C1CCSCC1.ON=C1CCSCC1.[AlH3].[H-].[Li+]. The number of ketones is 1. The van der Waals surface area contributed by atoms with Crippen molar-refractivity contribution in [3.05, 3.63) is 0 Å². The predicted octanol–water partition coefficient (Wildman–Crippen LogP) is -1.47. The van der Waals surface area contributed by atoms with E-state index in [9.17, 15) is 4.79 Å². The van der Waals surface area contributed by atoms with Gasteiger partial charge in [-0.1, -0.05) is 5.16 Å². The molecule has 3 rings (SSSR count). The zero-order chi connectivity index (χ0) is 18.0. The Morgan fingerprint density at radius 2 is 1.27 bits per heavy atom. The number of thioether (sulfide) groups is 3. The van der Waals surface area contributed by atoms with Crippen LogP contribution in [0.1, 0.15) is 40.0 Å². The first-order valence-electron chi connectivity index (χ1n) is 8.18. The van der Waals surface area contributed by atoms with Crippen molar-refractivity contribution in [3.63, 3.8) is 0 Å². The van der Waals surface area contributed by atoms with Crippen LogP contribution in [0, 0.1) is 0 Å². The van der Waals surface area contributed by atoms with Gasteiger partial charge >= 0.3 is 18.9 Å². The minimum Gasteiger partial charge on any atom is -1.00 e. The average molecular weight is 436 g/mol. The summed E-state index contributed by atoms with van der Waals surface area (Å²) >= 11 is 5.82. The van der Waals surface area contributed by atoms with E-state index < -0.39 is 0 Å². The standard InChI is InChI=1S/C5H9NOS.C5H11NS.C5H8OS.Al.Li.H3NO.4H/c7-6-5-1-3-8-4-2-5;2*6-5-1-3-7-4-2-5;;;1-2;;;;/h7H,1-4H2;5H,1-4,6H2;1-4H2;;;2H,1H2;;;;/q;;;;+1;;;;;-1. The van der Waals surface area contributed by atoms with E-state index in [1.807, 2.05) is 35.3 Å². The molecule has 0 aliphatic carbocycles. The van der Waals surface area contributed by atoms with Crippen LogP contribution in [0.3, 0.4) is 0 Å². The van der Waals surface area contributed by atoms with Crippen molar-refractivity contribution in [1.29, 1.82) is 0 Å². The molecule has 3 aliphatic rings. The number of nitrogens with zero attached hydrogens (tertiary/aromatic N) is 1. The van der Waals surface area contributed by atoms with Crippen LogP contribution < -0.4 is 30.5 Å². The quantitative estimate of drug-likeness (QED) is 0.207. The van der Waals surface area contributed by atoms with Gasteiger partial charge in [0.1, 0.15) is 5.78 Å². The number of oxime groups is 1. The van der Waals surface area contributed by atoms with Gasteiger partial charge in [-0.05, 0) is 48.7 Å². The van der Waals surface area contributed by atoms with E-state index in [1.165, 1.54) is 24.3 Å². The van der Waals surface area contributed by atoms with Gasteiger partial charge in [-0.2, -0.15) is 35.3 Å². The molecule has 3 fully saturated rings. The van der Waals surface area contributed by atoms with Crippen molar-refractivity contribution in [2.75, 3.05) is 34.5 Å². The first-order chi connectivity index (χ1) is 11.7. The maximum Gasteiger partial charge on any atom is 1.00 e. The molecule has 3 aliphatic heterocycles. The van der Waals surface area contributed by atoms with Gasteiger partial charge in [0.2, 0.25) is 0 Å². The molecule has 0 bridgehead atoms. The number of carbonyl (C=O) groups excluding carboxylic acids is 1. The van der Waals surface area contributed by atoms with Gasteiger partial charge in [-0.3, -0.25) is 4.79 Å². The Kier molecular flexibility index (Phi) is 29.7. The summed E-state index contributed by atoms with van der Waals surface area (Å²) < 4.78 is 0. The molecule has 0 aromatic heterocycles. The van der Waals surface area contributed by atoms with Gasteiger partial charge in [0.25, 0.3) is 0 Å². The van der Waals surface area contributed by atoms with Crippen LogP contribution in [0.2, 0.25) is 0 Å². The van der Waals surface area contributed by atoms with E-state index in [0.29, 0.717) is 11.8 Å². The van der Waals surface area contributed by atoms with E-state index in [-0.39, 0.29) is 37.6 Å². The third kappa shape index (κ3) is 19.9. The van der Waals surface area contributed by atoms with Gasteiger partial charge in [-0.25, -0.2) is 5.90 Å². The topological polar surface area (TPSA) is 122 Å². The van der Waals surface area contributed by atoms with E-state index in [4.69, 9.17) is 16.1 Å². The van der Waals surface area contributed by atoms with Crippen LogP contribution in [0.4, 0.5) is 0 Å². The molecule has 0 saturated carbocycles. The fourth-order valence-corrected chi connectivity index (χ4v) is 5.08. The van der Waals surface area contributed by atoms with E-state index in [2.05, 4.69) is 11.1 Å². The molecule has 3 saturated heterocycles. The zero-order valence-electron chi connectivity index (χ0n) is 16.2. The zero-order valence-corrected chi connectivity index (χ0v) is 17.6.